The number of urea groups is 1. The number of aromatic nitrogens is 1. The molecule has 0 radical (unpaired) electrons. The van der Waals surface area contributed by atoms with Crippen LogP contribution in [0.5, 0.6) is 0 Å². The fraction of sp³-hybridized carbons (Fsp3) is 0.286. The lowest BCUT2D eigenvalue weighted by Gasteiger charge is -2.24. The Hall–Kier alpha value is -3.35. The molecular formula is C21H24N4O3. The number of anilines is 1. The van der Waals surface area contributed by atoms with Crippen molar-refractivity contribution in [2.24, 2.45) is 0 Å². The van der Waals surface area contributed by atoms with E-state index in [2.05, 4.69) is 4.98 Å². The Morgan fingerprint density at radius 1 is 1.18 bits per heavy atom. The minimum atomic E-state index is -0.417. The van der Waals surface area contributed by atoms with Crippen LogP contribution in [0, 0.1) is 13.8 Å². The van der Waals surface area contributed by atoms with Gasteiger partial charge in [0.25, 0.3) is 5.91 Å². The number of hydrogen-bond acceptors (Lipinski definition) is 3. The summed E-state index contributed by atoms with van der Waals surface area (Å²) in [6.07, 6.45) is 2.51. The first-order valence-electron chi connectivity index (χ1n) is 9.06. The molecule has 0 atom stereocenters. The standard InChI is InChI=1S/C21H24N4O3/c1-14-11-15(2)22-18(14)12-17-16-7-5-6-8-19(16)25(20(17)27)21(28)24(4)10-9-23(3)13-26/h5-8,11-13,22H,9-10H2,1-4H3/b17-12-. The first kappa shape index (κ1) is 19.4. The SMILES string of the molecule is Cc1cc(C)c(/C=C2\C(=O)N(C(=O)N(C)CCN(C)C=O)c3ccccc32)[nH]1. The van der Waals surface area contributed by atoms with Crippen LogP contribution >= 0.6 is 0 Å². The van der Waals surface area contributed by atoms with E-state index in [4.69, 9.17) is 0 Å². The number of imide groups is 1. The second-order valence-electron chi connectivity index (χ2n) is 7.05. The number of nitrogens with zero attached hydrogens (tertiary/aromatic N) is 3. The maximum atomic E-state index is 13.2. The molecule has 1 aromatic heterocycles. The maximum absolute atomic E-state index is 13.2. The number of aromatic amines is 1. The third-order valence-electron chi connectivity index (χ3n) is 4.83. The number of aryl methyl sites for hydroxylation is 2. The zero-order chi connectivity index (χ0) is 20.4. The predicted molar refractivity (Wildman–Crippen MR) is 109 cm³/mol. The summed E-state index contributed by atoms with van der Waals surface area (Å²) < 4.78 is 0. The van der Waals surface area contributed by atoms with Crippen molar-refractivity contribution in [3.8, 4) is 0 Å². The summed E-state index contributed by atoms with van der Waals surface area (Å²) in [6, 6.07) is 8.86. The fourth-order valence-corrected chi connectivity index (χ4v) is 3.24. The lowest BCUT2D eigenvalue weighted by molar-refractivity contribution is -0.117. The van der Waals surface area contributed by atoms with Crippen LogP contribution in [-0.2, 0) is 9.59 Å². The van der Waals surface area contributed by atoms with Gasteiger partial charge in [0.05, 0.1) is 11.3 Å². The summed E-state index contributed by atoms with van der Waals surface area (Å²) in [5.74, 6) is -0.353. The second kappa shape index (κ2) is 7.72. The molecule has 0 spiro atoms. The summed E-state index contributed by atoms with van der Waals surface area (Å²) >= 11 is 0. The van der Waals surface area contributed by atoms with Crippen LogP contribution in [0.25, 0.3) is 11.6 Å². The number of benzene rings is 1. The van der Waals surface area contributed by atoms with Crippen molar-refractivity contribution in [2.45, 2.75) is 13.8 Å². The number of likely N-dealkylation sites (N-methyl/N-ethyl adjacent to an activating group) is 2. The summed E-state index contributed by atoms with van der Waals surface area (Å²) in [5, 5.41) is 0. The monoisotopic (exact) mass is 380 g/mol. The maximum Gasteiger partial charge on any atom is 0.331 e. The Balaban J connectivity index is 1.94. The first-order valence-corrected chi connectivity index (χ1v) is 9.06. The van der Waals surface area contributed by atoms with Gasteiger partial charge in [-0.3, -0.25) is 9.59 Å². The van der Waals surface area contributed by atoms with Gasteiger partial charge in [0.2, 0.25) is 6.41 Å². The third kappa shape index (κ3) is 3.55. The van der Waals surface area contributed by atoms with Crippen molar-refractivity contribution in [3.63, 3.8) is 0 Å². The minimum Gasteiger partial charge on any atom is -0.359 e. The van der Waals surface area contributed by atoms with Crippen LogP contribution in [0.1, 0.15) is 22.5 Å². The van der Waals surface area contributed by atoms with Crippen LogP contribution in [-0.4, -0.2) is 60.3 Å². The van der Waals surface area contributed by atoms with E-state index in [1.54, 1.807) is 32.3 Å². The van der Waals surface area contributed by atoms with Gasteiger partial charge in [-0.1, -0.05) is 18.2 Å². The average Bonchev–Trinajstić information content (AvgIpc) is 3.14. The van der Waals surface area contributed by atoms with Crippen molar-refractivity contribution < 1.29 is 14.4 Å². The van der Waals surface area contributed by atoms with Crippen molar-refractivity contribution in [3.05, 3.63) is 52.8 Å². The lowest BCUT2D eigenvalue weighted by Crippen LogP contribution is -2.45. The number of hydrogen-bond donors (Lipinski definition) is 1. The highest BCUT2D eigenvalue weighted by Crippen LogP contribution is 2.38. The summed E-state index contributed by atoms with van der Waals surface area (Å²) in [5.41, 5.74) is 4.67. The Morgan fingerprint density at radius 2 is 1.89 bits per heavy atom. The van der Waals surface area contributed by atoms with Gasteiger partial charge in [0.1, 0.15) is 0 Å². The molecular weight excluding hydrogens is 356 g/mol. The lowest BCUT2D eigenvalue weighted by atomic mass is 10.1. The normalized spacial score (nSPS) is 14.4. The van der Waals surface area contributed by atoms with Gasteiger partial charge in [-0.25, -0.2) is 9.69 Å². The molecule has 2 heterocycles. The van der Waals surface area contributed by atoms with Gasteiger partial charge in [-0.2, -0.15) is 0 Å². The molecule has 28 heavy (non-hydrogen) atoms. The third-order valence-corrected chi connectivity index (χ3v) is 4.83. The number of H-pyrrole nitrogens is 1. The molecule has 0 saturated carbocycles. The molecule has 0 bridgehead atoms. The highest BCUT2D eigenvalue weighted by molar-refractivity contribution is 6.41. The molecule has 2 aromatic rings. The molecule has 3 rings (SSSR count). The number of nitrogens with one attached hydrogen (secondary N) is 1. The molecule has 1 aliphatic heterocycles. The van der Waals surface area contributed by atoms with Crippen LogP contribution in [0.15, 0.2) is 30.3 Å². The van der Waals surface area contributed by atoms with Gasteiger partial charge in [-0.15, -0.1) is 0 Å². The van der Waals surface area contributed by atoms with Crippen LogP contribution in [0.2, 0.25) is 0 Å². The predicted octanol–water partition coefficient (Wildman–Crippen LogP) is 2.66. The summed E-state index contributed by atoms with van der Waals surface area (Å²) in [4.78, 5) is 44.2. The van der Waals surface area contributed by atoms with E-state index < -0.39 is 6.03 Å². The second-order valence-corrected chi connectivity index (χ2v) is 7.05. The Labute approximate surface area is 164 Å². The topological polar surface area (TPSA) is 76.7 Å². The number of fused-ring (bicyclic) bond motifs is 1. The molecule has 7 nitrogen and oxygen atoms in total. The fourth-order valence-electron chi connectivity index (χ4n) is 3.24. The summed E-state index contributed by atoms with van der Waals surface area (Å²) in [7, 11) is 3.26. The highest BCUT2D eigenvalue weighted by atomic mass is 16.2. The Bertz CT molecular complexity index is 960. The molecule has 1 aliphatic rings. The number of rotatable bonds is 5. The number of amides is 4. The first-order chi connectivity index (χ1) is 13.3. The number of para-hydroxylation sites is 1. The average molecular weight is 380 g/mol. The molecule has 0 aliphatic carbocycles. The van der Waals surface area contributed by atoms with E-state index in [-0.39, 0.29) is 5.91 Å². The molecule has 7 heteroatoms. The van der Waals surface area contributed by atoms with Crippen LogP contribution < -0.4 is 4.90 Å². The zero-order valence-electron chi connectivity index (χ0n) is 16.5. The molecule has 1 N–H and O–H groups in total. The number of carbonyl (C=O) groups is 3. The quantitative estimate of drug-likeness (QED) is 0.640. The highest BCUT2D eigenvalue weighted by Gasteiger charge is 2.37. The van der Waals surface area contributed by atoms with Gasteiger partial charge in [0, 0.05) is 44.1 Å². The van der Waals surface area contributed by atoms with E-state index in [1.165, 1.54) is 14.7 Å². The molecule has 1 aromatic carbocycles. The van der Waals surface area contributed by atoms with Gasteiger partial charge >= 0.3 is 6.03 Å². The van der Waals surface area contributed by atoms with Gasteiger partial charge in [-0.05, 0) is 37.6 Å². The van der Waals surface area contributed by atoms with E-state index in [0.29, 0.717) is 30.8 Å². The molecule has 4 amide bonds. The number of carbonyl (C=O) groups excluding carboxylic acids is 3. The smallest absolute Gasteiger partial charge is 0.331 e. The van der Waals surface area contributed by atoms with E-state index in [1.807, 2.05) is 32.0 Å². The largest absolute Gasteiger partial charge is 0.359 e. The van der Waals surface area contributed by atoms with E-state index >= 15 is 0 Å². The molecule has 0 fully saturated rings. The molecule has 0 unspecified atom stereocenters. The van der Waals surface area contributed by atoms with Gasteiger partial charge < -0.3 is 14.8 Å². The Morgan fingerprint density at radius 3 is 2.54 bits per heavy atom. The minimum absolute atomic E-state index is 0.327. The Kier molecular flexibility index (Phi) is 5.35. The van der Waals surface area contributed by atoms with E-state index in [0.717, 1.165) is 22.5 Å². The van der Waals surface area contributed by atoms with Crippen molar-refractivity contribution >= 4 is 35.7 Å². The van der Waals surface area contributed by atoms with Crippen molar-refractivity contribution in [1.82, 2.24) is 14.8 Å². The zero-order valence-corrected chi connectivity index (χ0v) is 16.5. The van der Waals surface area contributed by atoms with Gasteiger partial charge in [0.15, 0.2) is 0 Å². The summed E-state index contributed by atoms with van der Waals surface area (Å²) in [6.45, 7) is 4.65. The molecule has 0 saturated heterocycles. The molecule has 146 valence electrons. The van der Waals surface area contributed by atoms with E-state index in [9.17, 15) is 14.4 Å². The van der Waals surface area contributed by atoms with Crippen LogP contribution in [0.4, 0.5) is 10.5 Å². The van der Waals surface area contributed by atoms with Crippen molar-refractivity contribution in [2.75, 3.05) is 32.1 Å². The van der Waals surface area contributed by atoms with Crippen molar-refractivity contribution in [1.29, 1.82) is 0 Å². The van der Waals surface area contributed by atoms with Crippen LogP contribution in [0.3, 0.4) is 0 Å².